The van der Waals surface area contributed by atoms with Crippen molar-refractivity contribution in [2.45, 2.75) is 44.9 Å². The lowest BCUT2D eigenvalue weighted by molar-refractivity contribution is -0.123. The van der Waals surface area contributed by atoms with E-state index in [1.807, 2.05) is 66.7 Å². The number of nitrogens with zero attached hydrogens (tertiary/aromatic N) is 4. The normalized spacial score (nSPS) is 17.4. The molecule has 45 heavy (non-hydrogen) atoms. The van der Waals surface area contributed by atoms with Crippen LogP contribution in [-0.4, -0.2) is 48.1 Å². The predicted octanol–water partition coefficient (Wildman–Crippen LogP) is 5.76. The van der Waals surface area contributed by atoms with Crippen molar-refractivity contribution < 1.29 is 19.1 Å². The fraction of sp³-hybridized carbons (Fsp3) is 0.278. The molecule has 0 fully saturated rings. The van der Waals surface area contributed by atoms with Gasteiger partial charge in [0.05, 0.1) is 29.9 Å². The number of nitrogens with one attached hydrogen (secondary N) is 1. The maximum Gasteiger partial charge on any atom is 0.268 e. The van der Waals surface area contributed by atoms with Gasteiger partial charge in [0.25, 0.3) is 11.8 Å². The minimum absolute atomic E-state index is 0.0411. The number of para-hydroxylation sites is 3. The second-order valence-electron chi connectivity index (χ2n) is 11.6. The SMILES string of the molecule is COc1cccc2c1CCCCN2C(=O)CN1C(=O)/C(=C/c2n[nH]c3c2CCCC3)C(=O)N(c2ccccc2)c2ccccc21. The maximum atomic E-state index is 14.6. The second kappa shape index (κ2) is 12.1. The zero-order chi connectivity index (χ0) is 30.9. The van der Waals surface area contributed by atoms with Crippen LogP contribution >= 0.6 is 0 Å². The quantitative estimate of drug-likeness (QED) is 0.232. The maximum absolute atomic E-state index is 14.6. The number of hydrogen-bond acceptors (Lipinski definition) is 5. The molecule has 0 spiro atoms. The number of carbonyl (C=O) groups is 3. The Morgan fingerprint density at radius 1 is 0.822 bits per heavy atom. The van der Waals surface area contributed by atoms with Crippen molar-refractivity contribution in [3.8, 4) is 5.75 Å². The summed E-state index contributed by atoms with van der Waals surface area (Å²) in [5.41, 5.74) is 6.07. The van der Waals surface area contributed by atoms with Gasteiger partial charge in [0.1, 0.15) is 17.9 Å². The van der Waals surface area contributed by atoms with Gasteiger partial charge < -0.3 is 9.64 Å². The second-order valence-corrected chi connectivity index (χ2v) is 11.6. The van der Waals surface area contributed by atoms with Crippen LogP contribution in [0.25, 0.3) is 6.08 Å². The van der Waals surface area contributed by atoms with Gasteiger partial charge >= 0.3 is 0 Å². The summed E-state index contributed by atoms with van der Waals surface area (Å²) in [6, 6.07) is 22.3. The number of ether oxygens (including phenoxy) is 1. The Bertz CT molecular complexity index is 1810. The molecule has 7 rings (SSSR count). The highest BCUT2D eigenvalue weighted by atomic mass is 16.5. The number of carbonyl (C=O) groups excluding carboxylic acids is 3. The number of anilines is 4. The van der Waals surface area contributed by atoms with Crippen LogP contribution < -0.4 is 19.4 Å². The fourth-order valence-corrected chi connectivity index (χ4v) is 6.76. The van der Waals surface area contributed by atoms with Gasteiger partial charge in [-0.25, -0.2) is 0 Å². The lowest BCUT2D eigenvalue weighted by atomic mass is 9.95. The van der Waals surface area contributed by atoms with Gasteiger partial charge in [-0.1, -0.05) is 36.4 Å². The molecule has 0 unspecified atom stereocenters. The first-order valence-electron chi connectivity index (χ1n) is 15.6. The lowest BCUT2D eigenvalue weighted by Crippen LogP contribution is -2.44. The number of amides is 3. The van der Waals surface area contributed by atoms with E-state index in [0.717, 1.165) is 73.2 Å². The molecule has 1 aromatic heterocycles. The molecule has 0 saturated carbocycles. The van der Waals surface area contributed by atoms with Gasteiger partial charge in [-0.05, 0) is 87.4 Å². The van der Waals surface area contributed by atoms with Crippen molar-refractivity contribution >= 4 is 46.5 Å². The van der Waals surface area contributed by atoms with Crippen LogP contribution in [0, 0.1) is 0 Å². The Morgan fingerprint density at radius 3 is 2.36 bits per heavy atom. The summed E-state index contributed by atoms with van der Waals surface area (Å²) in [7, 11) is 1.64. The lowest BCUT2D eigenvalue weighted by Gasteiger charge is -2.28. The van der Waals surface area contributed by atoms with E-state index in [2.05, 4.69) is 10.2 Å². The van der Waals surface area contributed by atoms with E-state index in [9.17, 15) is 14.4 Å². The van der Waals surface area contributed by atoms with Crippen molar-refractivity contribution in [3.05, 3.63) is 101 Å². The van der Waals surface area contributed by atoms with Crippen LogP contribution in [-0.2, 0) is 33.6 Å². The molecule has 1 N–H and O–H groups in total. The third-order valence-corrected chi connectivity index (χ3v) is 8.98. The smallest absolute Gasteiger partial charge is 0.268 e. The molecule has 0 atom stereocenters. The zero-order valence-electron chi connectivity index (χ0n) is 25.3. The number of methoxy groups -OCH3 is 1. The van der Waals surface area contributed by atoms with Crippen LogP contribution in [0.3, 0.4) is 0 Å². The summed E-state index contributed by atoms with van der Waals surface area (Å²) in [6.07, 6.45) is 7.96. The van der Waals surface area contributed by atoms with Gasteiger partial charge in [-0.2, -0.15) is 5.10 Å². The fourth-order valence-electron chi connectivity index (χ4n) is 6.76. The van der Waals surface area contributed by atoms with E-state index < -0.39 is 11.8 Å². The summed E-state index contributed by atoms with van der Waals surface area (Å²) >= 11 is 0. The number of fused-ring (bicyclic) bond motifs is 3. The number of aromatic amines is 1. The van der Waals surface area contributed by atoms with Crippen molar-refractivity contribution in [2.24, 2.45) is 0 Å². The topological polar surface area (TPSA) is 98.8 Å². The van der Waals surface area contributed by atoms with Crippen LogP contribution in [0.1, 0.15) is 48.2 Å². The molecule has 3 heterocycles. The molecule has 4 aromatic rings. The van der Waals surface area contributed by atoms with Gasteiger partial charge in [-0.3, -0.25) is 29.3 Å². The minimum atomic E-state index is -0.535. The van der Waals surface area contributed by atoms with Gasteiger partial charge in [0.2, 0.25) is 5.91 Å². The number of aryl methyl sites for hydroxylation is 1. The molecule has 3 aromatic carbocycles. The molecule has 228 valence electrons. The monoisotopic (exact) mass is 601 g/mol. The number of benzene rings is 3. The Balaban J connectivity index is 1.34. The average molecular weight is 602 g/mol. The average Bonchev–Trinajstić information content (AvgIpc) is 3.31. The van der Waals surface area contributed by atoms with Gasteiger partial charge in [-0.15, -0.1) is 0 Å². The number of hydrogen-bond donors (Lipinski definition) is 1. The Kier molecular flexibility index (Phi) is 7.67. The van der Waals surface area contributed by atoms with E-state index in [1.165, 1.54) is 4.90 Å². The minimum Gasteiger partial charge on any atom is -0.496 e. The highest BCUT2D eigenvalue weighted by molar-refractivity contribution is 6.35. The number of H-pyrrole nitrogens is 1. The Hall–Kier alpha value is -5.18. The summed E-state index contributed by atoms with van der Waals surface area (Å²) in [4.78, 5) is 48.1. The van der Waals surface area contributed by atoms with Gasteiger partial charge in [0.15, 0.2) is 0 Å². The first-order valence-corrected chi connectivity index (χ1v) is 15.6. The molecule has 0 radical (unpaired) electrons. The van der Waals surface area contributed by atoms with Crippen LogP contribution in [0.4, 0.5) is 22.7 Å². The number of aromatic nitrogens is 2. The molecular weight excluding hydrogens is 566 g/mol. The Morgan fingerprint density at radius 2 is 1.53 bits per heavy atom. The highest BCUT2D eigenvalue weighted by Gasteiger charge is 2.39. The zero-order valence-corrected chi connectivity index (χ0v) is 25.3. The summed E-state index contributed by atoms with van der Waals surface area (Å²) in [5.74, 6) is -0.481. The van der Waals surface area contributed by atoms with Crippen LogP contribution in [0.5, 0.6) is 5.75 Å². The van der Waals surface area contributed by atoms with E-state index >= 15 is 0 Å². The third kappa shape index (κ3) is 5.18. The molecule has 3 amide bonds. The predicted molar refractivity (Wildman–Crippen MR) is 174 cm³/mol. The summed E-state index contributed by atoms with van der Waals surface area (Å²) in [5, 5.41) is 7.64. The van der Waals surface area contributed by atoms with Crippen molar-refractivity contribution in [3.63, 3.8) is 0 Å². The highest BCUT2D eigenvalue weighted by Crippen LogP contribution is 2.40. The summed E-state index contributed by atoms with van der Waals surface area (Å²) < 4.78 is 5.63. The molecule has 3 aliphatic rings. The van der Waals surface area contributed by atoms with Crippen molar-refractivity contribution in [1.82, 2.24) is 10.2 Å². The molecule has 2 aliphatic heterocycles. The van der Waals surface area contributed by atoms with Crippen molar-refractivity contribution in [1.29, 1.82) is 0 Å². The van der Waals surface area contributed by atoms with Crippen LogP contribution in [0.2, 0.25) is 0 Å². The molecule has 1 aliphatic carbocycles. The van der Waals surface area contributed by atoms with Gasteiger partial charge in [0, 0.05) is 29.1 Å². The summed E-state index contributed by atoms with van der Waals surface area (Å²) in [6.45, 7) is 0.290. The first kappa shape index (κ1) is 28.6. The van der Waals surface area contributed by atoms with E-state index in [-0.39, 0.29) is 18.0 Å². The molecule has 0 bridgehead atoms. The molecule has 9 heteroatoms. The standard InChI is InChI=1S/C36H35N5O4/c1-45-33-20-11-19-30-26(33)15-9-10-21-39(30)34(42)23-40-31-17-7-8-18-32(31)41(24-12-3-2-4-13-24)36(44)27(35(40)43)22-29-25-14-5-6-16-28(25)37-38-29/h2-4,7-8,11-13,17-20,22H,5-6,9-10,14-16,21,23H2,1H3,(H,37,38)/b27-22-. The number of rotatable bonds is 5. The van der Waals surface area contributed by atoms with E-state index in [4.69, 9.17) is 4.74 Å². The molecule has 9 nitrogen and oxygen atoms in total. The third-order valence-electron chi connectivity index (χ3n) is 8.98. The van der Waals surface area contributed by atoms with E-state index in [0.29, 0.717) is 29.3 Å². The molecular formula is C36H35N5O4. The molecule has 0 saturated heterocycles. The van der Waals surface area contributed by atoms with Crippen molar-refractivity contribution in [2.75, 3.05) is 34.9 Å². The largest absolute Gasteiger partial charge is 0.496 e. The van der Waals surface area contributed by atoms with E-state index in [1.54, 1.807) is 29.1 Å². The van der Waals surface area contributed by atoms with Crippen LogP contribution in [0.15, 0.2) is 78.4 Å². The first-order chi connectivity index (χ1) is 22.0. The Labute approximate surface area is 262 Å².